The number of fused-ring (bicyclic) bond motifs is 1. The lowest BCUT2D eigenvalue weighted by atomic mass is 9.95. The molecule has 0 bridgehead atoms. The van der Waals surface area contributed by atoms with E-state index in [1.54, 1.807) is 32.4 Å². The van der Waals surface area contributed by atoms with Gasteiger partial charge in [-0.25, -0.2) is 0 Å². The smallest absolute Gasteiger partial charge is 0.257 e. The maximum absolute atomic E-state index is 13.0. The van der Waals surface area contributed by atoms with Crippen LogP contribution >= 0.6 is 0 Å². The largest absolute Gasteiger partial charge is 0.497 e. The molecular formula is C19H25N5O3. The molecule has 2 aromatic rings. The van der Waals surface area contributed by atoms with Gasteiger partial charge in [-0.05, 0) is 25.0 Å². The Hall–Kier alpha value is -2.61. The SMILES string of the molecule is COc1ccc(C(=O)N2CCC(c3nnc4n3CCNC4)CC2)c(OC)c1. The van der Waals surface area contributed by atoms with E-state index >= 15 is 0 Å². The van der Waals surface area contributed by atoms with Crippen LogP contribution < -0.4 is 14.8 Å². The molecule has 2 aliphatic rings. The summed E-state index contributed by atoms with van der Waals surface area (Å²) in [5, 5.41) is 12.1. The summed E-state index contributed by atoms with van der Waals surface area (Å²) in [6, 6.07) is 5.31. The Morgan fingerprint density at radius 2 is 1.96 bits per heavy atom. The third-order valence-corrected chi connectivity index (χ3v) is 5.44. The van der Waals surface area contributed by atoms with Crippen molar-refractivity contribution in [2.45, 2.75) is 31.8 Å². The summed E-state index contributed by atoms with van der Waals surface area (Å²) in [5.41, 5.74) is 0.572. The lowest BCUT2D eigenvalue weighted by Gasteiger charge is -2.32. The minimum Gasteiger partial charge on any atom is -0.497 e. The molecule has 4 rings (SSSR count). The van der Waals surface area contributed by atoms with Gasteiger partial charge in [-0.2, -0.15) is 0 Å². The van der Waals surface area contributed by atoms with Gasteiger partial charge in [-0.1, -0.05) is 0 Å². The minimum absolute atomic E-state index is 0.000394. The van der Waals surface area contributed by atoms with E-state index < -0.39 is 0 Å². The Morgan fingerprint density at radius 3 is 2.70 bits per heavy atom. The van der Waals surface area contributed by atoms with Crippen molar-refractivity contribution in [1.82, 2.24) is 25.0 Å². The minimum atomic E-state index is 0.000394. The molecule has 1 aromatic heterocycles. The molecule has 8 heteroatoms. The van der Waals surface area contributed by atoms with Crippen LogP contribution in [0.4, 0.5) is 0 Å². The highest BCUT2D eigenvalue weighted by atomic mass is 16.5. The van der Waals surface area contributed by atoms with Gasteiger partial charge in [0.1, 0.15) is 23.1 Å². The zero-order valence-corrected chi connectivity index (χ0v) is 15.8. The highest BCUT2D eigenvalue weighted by Gasteiger charge is 2.30. The first-order chi connectivity index (χ1) is 13.2. The van der Waals surface area contributed by atoms with Gasteiger partial charge in [-0.3, -0.25) is 4.79 Å². The molecule has 0 saturated carbocycles. The van der Waals surface area contributed by atoms with Crippen molar-refractivity contribution in [3.8, 4) is 11.5 Å². The third kappa shape index (κ3) is 3.37. The summed E-state index contributed by atoms with van der Waals surface area (Å²) in [6.45, 7) is 4.06. The first-order valence-corrected chi connectivity index (χ1v) is 9.35. The van der Waals surface area contributed by atoms with Crippen molar-refractivity contribution in [3.05, 3.63) is 35.4 Å². The zero-order chi connectivity index (χ0) is 18.8. The van der Waals surface area contributed by atoms with Crippen molar-refractivity contribution < 1.29 is 14.3 Å². The molecule has 1 fully saturated rings. The van der Waals surface area contributed by atoms with Gasteiger partial charge in [0.15, 0.2) is 0 Å². The summed E-state index contributed by atoms with van der Waals surface area (Å²) in [5.74, 6) is 3.65. The van der Waals surface area contributed by atoms with Gasteiger partial charge in [0.25, 0.3) is 5.91 Å². The van der Waals surface area contributed by atoms with Crippen molar-refractivity contribution in [1.29, 1.82) is 0 Å². The molecule has 0 aliphatic carbocycles. The van der Waals surface area contributed by atoms with Crippen molar-refractivity contribution in [3.63, 3.8) is 0 Å². The predicted octanol–water partition coefficient (Wildman–Crippen LogP) is 1.42. The van der Waals surface area contributed by atoms with Crippen molar-refractivity contribution in [2.75, 3.05) is 33.9 Å². The Bertz CT molecular complexity index is 827. The molecule has 144 valence electrons. The fourth-order valence-electron chi connectivity index (χ4n) is 3.90. The molecule has 27 heavy (non-hydrogen) atoms. The lowest BCUT2D eigenvalue weighted by Crippen LogP contribution is -2.39. The second-order valence-corrected chi connectivity index (χ2v) is 6.94. The molecule has 1 amide bonds. The molecule has 1 N–H and O–H groups in total. The second kappa shape index (κ2) is 7.56. The van der Waals surface area contributed by atoms with E-state index in [2.05, 4.69) is 20.1 Å². The Kier molecular flexibility index (Phi) is 4.98. The van der Waals surface area contributed by atoms with Gasteiger partial charge < -0.3 is 24.3 Å². The van der Waals surface area contributed by atoms with Crippen LogP contribution in [0.15, 0.2) is 18.2 Å². The fourth-order valence-corrected chi connectivity index (χ4v) is 3.90. The molecule has 0 spiro atoms. The molecule has 3 heterocycles. The number of aromatic nitrogens is 3. The topological polar surface area (TPSA) is 81.5 Å². The van der Waals surface area contributed by atoms with Crippen LogP contribution in [-0.4, -0.2) is 59.4 Å². The molecule has 0 radical (unpaired) electrons. The van der Waals surface area contributed by atoms with Gasteiger partial charge in [0.2, 0.25) is 0 Å². The predicted molar refractivity (Wildman–Crippen MR) is 99.2 cm³/mol. The van der Waals surface area contributed by atoms with Crippen molar-refractivity contribution in [2.24, 2.45) is 0 Å². The Balaban J connectivity index is 1.45. The van der Waals surface area contributed by atoms with E-state index in [1.807, 2.05) is 4.90 Å². The average Bonchev–Trinajstić information content (AvgIpc) is 3.17. The van der Waals surface area contributed by atoms with Crippen LogP contribution in [0.2, 0.25) is 0 Å². The summed E-state index contributed by atoms with van der Waals surface area (Å²) in [4.78, 5) is 14.9. The lowest BCUT2D eigenvalue weighted by molar-refractivity contribution is 0.0706. The van der Waals surface area contributed by atoms with Gasteiger partial charge in [0, 0.05) is 38.2 Å². The second-order valence-electron chi connectivity index (χ2n) is 6.94. The van der Waals surface area contributed by atoms with Crippen LogP contribution in [-0.2, 0) is 13.1 Å². The zero-order valence-electron chi connectivity index (χ0n) is 15.8. The number of amides is 1. The van der Waals surface area contributed by atoms with Crippen LogP contribution in [0.3, 0.4) is 0 Å². The maximum Gasteiger partial charge on any atom is 0.257 e. The first kappa shape index (κ1) is 17.8. The van der Waals surface area contributed by atoms with Gasteiger partial charge in [0.05, 0.1) is 26.3 Å². The summed E-state index contributed by atoms with van der Waals surface area (Å²) < 4.78 is 12.8. The molecule has 0 atom stereocenters. The number of hydrogen-bond acceptors (Lipinski definition) is 6. The molecular weight excluding hydrogens is 346 g/mol. The number of benzene rings is 1. The molecule has 1 saturated heterocycles. The standard InChI is InChI=1S/C19H25N5O3/c1-26-14-3-4-15(16(11-14)27-2)19(25)23-8-5-13(6-9-23)18-22-21-17-12-20-7-10-24(17)18/h3-4,11,13,20H,5-10,12H2,1-2H3. The van der Waals surface area contributed by atoms with Crippen LogP contribution in [0.1, 0.15) is 40.8 Å². The normalized spacial score (nSPS) is 17.5. The monoisotopic (exact) mass is 371 g/mol. The Labute approximate surface area is 158 Å². The Morgan fingerprint density at radius 1 is 1.15 bits per heavy atom. The number of nitrogens with one attached hydrogen (secondary N) is 1. The number of carbonyl (C=O) groups excluding carboxylic acids is 1. The summed E-state index contributed by atoms with van der Waals surface area (Å²) >= 11 is 0. The first-order valence-electron chi connectivity index (χ1n) is 9.35. The van der Waals surface area contributed by atoms with Crippen LogP contribution in [0.25, 0.3) is 0 Å². The van der Waals surface area contributed by atoms with Crippen molar-refractivity contribution >= 4 is 5.91 Å². The van der Waals surface area contributed by atoms with E-state index in [1.165, 1.54) is 0 Å². The molecule has 2 aliphatic heterocycles. The number of rotatable bonds is 4. The molecule has 8 nitrogen and oxygen atoms in total. The highest BCUT2D eigenvalue weighted by Crippen LogP contribution is 2.31. The van der Waals surface area contributed by atoms with E-state index in [4.69, 9.17) is 9.47 Å². The number of likely N-dealkylation sites (tertiary alicyclic amines) is 1. The van der Waals surface area contributed by atoms with E-state index in [9.17, 15) is 4.79 Å². The van der Waals surface area contributed by atoms with Crippen LogP contribution in [0, 0.1) is 0 Å². The number of methoxy groups -OCH3 is 2. The van der Waals surface area contributed by atoms with E-state index in [0.29, 0.717) is 36.1 Å². The molecule has 0 unspecified atom stereocenters. The molecule has 1 aromatic carbocycles. The van der Waals surface area contributed by atoms with Gasteiger partial charge in [-0.15, -0.1) is 10.2 Å². The quantitative estimate of drug-likeness (QED) is 0.875. The van der Waals surface area contributed by atoms with Gasteiger partial charge >= 0.3 is 0 Å². The maximum atomic E-state index is 13.0. The summed E-state index contributed by atoms with van der Waals surface area (Å²) in [7, 11) is 3.17. The van der Waals surface area contributed by atoms with Crippen LogP contribution in [0.5, 0.6) is 11.5 Å². The summed E-state index contributed by atoms with van der Waals surface area (Å²) in [6.07, 6.45) is 1.80. The number of nitrogens with zero attached hydrogens (tertiary/aromatic N) is 4. The number of ether oxygens (including phenoxy) is 2. The highest BCUT2D eigenvalue weighted by molar-refractivity contribution is 5.97. The number of piperidine rings is 1. The average molecular weight is 371 g/mol. The van der Waals surface area contributed by atoms with E-state index in [0.717, 1.165) is 44.1 Å². The fraction of sp³-hybridized carbons (Fsp3) is 0.526. The number of carbonyl (C=O) groups is 1. The number of hydrogen-bond donors (Lipinski definition) is 1. The third-order valence-electron chi connectivity index (χ3n) is 5.44. The van der Waals surface area contributed by atoms with E-state index in [-0.39, 0.29) is 5.91 Å².